The lowest BCUT2D eigenvalue weighted by Gasteiger charge is -2.19. The minimum absolute atomic E-state index is 0.00842. The van der Waals surface area contributed by atoms with E-state index in [1.807, 2.05) is 0 Å². The molecule has 1 unspecified atom stereocenters. The van der Waals surface area contributed by atoms with Gasteiger partial charge in [-0.3, -0.25) is 4.79 Å². The number of carbonyl (C=O) groups is 2. The van der Waals surface area contributed by atoms with Crippen LogP contribution in [0.1, 0.15) is 16.8 Å². The summed E-state index contributed by atoms with van der Waals surface area (Å²) in [7, 11) is 0. The minimum Gasteiger partial charge on any atom is -0.478 e. The topological polar surface area (TPSA) is 57.6 Å². The molecular weight excluding hydrogens is 256 g/mol. The third-order valence-corrected chi connectivity index (χ3v) is 2.93. The maximum atomic E-state index is 13.8. The molecule has 1 amide bonds. The van der Waals surface area contributed by atoms with Crippen molar-refractivity contribution in [2.75, 3.05) is 11.4 Å². The highest BCUT2D eigenvalue weighted by atomic mass is 19.2. The van der Waals surface area contributed by atoms with Crippen LogP contribution in [0.5, 0.6) is 0 Å². The van der Waals surface area contributed by atoms with Crippen molar-refractivity contribution in [3.63, 3.8) is 0 Å². The Hall–Kier alpha value is -2.42. The molecule has 1 N–H and O–H groups in total. The molecule has 0 aromatic heterocycles. The van der Waals surface area contributed by atoms with Gasteiger partial charge in [-0.15, -0.1) is 12.3 Å². The summed E-state index contributed by atoms with van der Waals surface area (Å²) < 4.78 is 27.0. The molecule has 1 aromatic rings. The average Bonchev–Trinajstić information content (AvgIpc) is 2.73. The van der Waals surface area contributed by atoms with E-state index in [1.54, 1.807) is 0 Å². The molecule has 1 aromatic carbocycles. The molecule has 1 aliphatic rings. The van der Waals surface area contributed by atoms with Gasteiger partial charge in [0.15, 0.2) is 11.6 Å². The number of benzene rings is 1. The van der Waals surface area contributed by atoms with Crippen molar-refractivity contribution in [2.24, 2.45) is 5.92 Å². The molecule has 1 fully saturated rings. The third-order valence-electron chi connectivity index (χ3n) is 2.93. The lowest BCUT2D eigenvalue weighted by atomic mass is 10.1. The molecule has 0 radical (unpaired) electrons. The highest BCUT2D eigenvalue weighted by Gasteiger charge is 2.34. The molecule has 0 bridgehead atoms. The molecule has 19 heavy (non-hydrogen) atoms. The van der Waals surface area contributed by atoms with Gasteiger partial charge in [0.2, 0.25) is 5.91 Å². The van der Waals surface area contributed by atoms with Crippen LogP contribution >= 0.6 is 0 Å². The molecule has 1 saturated heterocycles. The molecule has 0 spiro atoms. The van der Waals surface area contributed by atoms with E-state index >= 15 is 0 Å². The summed E-state index contributed by atoms with van der Waals surface area (Å²) in [5.41, 5.74) is -1.03. The fraction of sp³-hybridized carbons (Fsp3) is 0.231. The summed E-state index contributed by atoms with van der Waals surface area (Å²) in [6.45, 7) is -0.0179. The molecule has 98 valence electrons. The van der Waals surface area contributed by atoms with Crippen molar-refractivity contribution >= 4 is 17.6 Å². The molecule has 1 aliphatic heterocycles. The van der Waals surface area contributed by atoms with Crippen LogP contribution in [-0.4, -0.2) is 23.5 Å². The summed E-state index contributed by atoms with van der Waals surface area (Å²) in [5, 5.41) is 8.98. The summed E-state index contributed by atoms with van der Waals surface area (Å²) in [4.78, 5) is 23.7. The van der Waals surface area contributed by atoms with Gasteiger partial charge in [0.05, 0.1) is 11.3 Å². The van der Waals surface area contributed by atoms with Crippen LogP contribution in [0.2, 0.25) is 0 Å². The van der Waals surface area contributed by atoms with Crippen molar-refractivity contribution in [2.45, 2.75) is 6.42 Å². The fourth-order valence-corrected chi connectivity index (χ4v) is 2.01. The molecule has 6 heteroatoms. The van der Waals surface area contributed by atoms with Gasteiger partial charge in [-0.05, 0) is 12.1 Å². The van der Waals surface area contributed by atoms with E-state index in [0.717, 1.165) is 11.0 Å². The number of anilines is 1. The maximum absolute atomic E-state index is 13.8. The van der Waals surface area contributed by atoms with E-state index in [-0.39, 0.29) is 13.0 Å². The van der Waals surface area contributed by atoms with E-state index in [4.69, 9.17) is 11.5 Å². The van der Waals surface area contributed by atoms with Crippen LogP contribution in [0.15, 0.2) is 12.1 Å². The van der Waals surface area contributed by atoms with Crippen LogP contribution in [-0.2, 0) is 4.79 Å². The first kappa shape index (κ1) is 13.0. The van der Waals surface area contributed by atoms with Crippen LogP contribution in [0.3, 0.4) is 0 Å². The highest BCUT2D eigenvalue weighted by Crippen LogP contribution is 2.31. The molecule has 2 rings (SSSR count). The number of amides is 1. The first-order valence-electron chi connectivity index (χ1n) is 5.43. The Morgan fingerprint density at radius 3 is 2.68 bits per heavy atom. The Labute approximate surface area is 107 Å². The van der Waals surface area contributed by atoms with E-state index in [1.165, 1.54) is 0 Å². The molecule has 1 heterocycles. The van der Waals surface area contributed by atoms with Crippen molar-refractivity contribution < 1.29 is 23.5 Å². The van der Waals surface area contributed by atoms with Gasteiger partial charge in [0.1, 0.15) is 0 Å². The zero-order chi connectivity index (χ0) is 14.2. The SMILES string of the molecule is C#CC1CC(=O)N(c2c(C(=O)O)ccc(F)c2F)C1. The molecule has 4 nitrogen and oxygen atoms in total. The van der Waals surface area contributed by atoms with Gasteiger partial charge in [0, 0.05) is 18.9 Å². The van der Waals surface area contributed by atoms with Gasteiger partial charge in [-0.2, -0.15) is 0 Å². The number of aromatic carboxylic acids is 1. The maximum Gasteiger partial charge on any atom is 0.337 e. The number of halogens is 2. The number of carbonyl (C=O) groups excluding carboxylic acids is 1. The van der Waals surface area contributed by atoms with Gasteiger partial charge >= 0.3 is 5.97 Å². The number of carboxylic acids is 1. The molecular formula is C13H9F2NO3. The van der Waals surface area contributed by atoms with Crippen molar-refractivity contribution in [3.05, 3.63) is 29.3 Å². The normalized spacial score (nSPS) is 18.5. The predicted octanol–water partition coefficient (Wildman–Crippen LogP) is 1.65. The van der Waals surface area contributed by atoms with Gasteiger partial charge in [0.25, 0.3) is 0 Å². The lowest BCUT2D eigenvalue weighted by molar-refractivity contribution is -0.117. The van der Waals surface area contributed by atoms with Crippen molar-refractivity contribution in [1.82, 2.24) is 0 Å². The van der Waals surface area contributed by atoms with Crippen LogP contribution in [0.25, 0.3) is 0 Å². The number of rotatable bonds is 2. The standard InChI is InChI=1S/C13H9F2NO3/c1-2-7-5-10(17)16(6-7)12-8(13(18)19)3-4-9(14)11(12)15/h1,3-4,7H,5-6H2,(H,18,19). The van der Waals surface area contributed by atoms with Gasteiger partial charge < -0.3 is 10.0 Å². The Bertz CT molecular complexity index is 607. The zero-order valence-electron chi connectivity index (χ0n) is 9.69. The molecule has 0 saturated carbocycles. The largest absolute Gasteiger partial charge is 0.478 e. The fourth-order valence-electron chi connectivity index (χ4n) is 2.01. The van der Waals surface area contributed by atoms with Crippen molar-refractivity contribution in [3.8, 4) is 12.3 Å². The van der Waals surface area contributed by atoms with E-state index < -0.39 is 40.7 Å². The predicted molar refractivity (Wildman–Crippen MR) is 62.6 cm³/mol. The smallest absolute Gasteiger partial charge is 0.337 e. The summed E-state index contributed by atoms with van der Waals surface area (Å²) in [6.07, 6.45) is 5.18. The van der Waals surface area contributed by atoms with Crippen LogP contribution < -0.4 is 4.90 Å². The summed E-state index contributed by atoms with van der Waals surface area (Å²) in [5.74, 6) is -2.61. The minimum atomic E-state index is -1.44. The third kappa shape index (κ3) is 2.15. The second-order valence-corrected chi connectivity index (χ2v) is 4.13. The second-order valence-electron chi connectivity index (χ2n) is 4.13. The lowest BCUT2D eigenvalue weighted by Crippen LogP contribution is -2.28. The highest BCUT2D eigenvalue weighted by molar-refractivity contribution is 6.03. The van der Waals surface area contributed by atoms with Crippen LogP contribution in [0.4, 0.5) is 14.5 Å². The average molecular weight is 265 g/mol. The summed E-state index contributed by atoms with van der Waals surface area (Å²) in [6, 6.07) is 1.63. The second kappa shape index (κ2) is 4.69. The van der Waals surface area contributed by atoms with Gasteiger partial charge in [-0.25, -0.2) is 13.6 Å². The van der Waals surface area contributed by atoms with E-state index in [9.17, 15) is 18.4 Å². The number of carboxylic acid groups (broad SMARTS) is 1. The van der Waals surface area contributed by atoms with Crippen molar-refractivity contribution in [1.29, 1.82) is 0 Å². The van der Waals surface area contributed by atoms with E-state index in [2.05, 4.69) is 5.92 Å². The first-order chi connectivity index (χ1) is 8.95. The molecule has 0 aliphatic carbocycles. The Morgan fingerprint density at radius 2 is 2.16 bits per heavy atom. The number of hydrogen-bond acceptors (Lipinski definition) is 2. The zero-order valence-corrected chi connectivity index (χ0v) is 9.69. The monoisotopic (exact) mass is 265 g/mol. The number of terminal acetylenes is 1. The quantitative estimate of drug-likeness (QED) is 0.827. The number of nitrogens with zero attached hydrogens (tertiary/aromatic N) is 1. The van der Waals surface area contributed by atoms with Crippen LogP contribution in [0, 0.1) is 29.9 Å². The van der Waals surface area contributed by atoms with Gasteiger partial charge in [-0.1, -0.05) is 0 Å². The summed E-state index contributed by atoms with van der Waals surface area (Å²) >= 11 is 0. The molecule has 1 atom stereocenters. The van der Waals surface area contributed by atoms with E-state index in [0.29, 0.717) is 6.07 Å². The Kier molecular flexibility index (Phi) is 3.21. The number of hydrogen-bond donors (Lipinski definition) is 1. The first-order valence-corrected chi connectivity index (χ1v) is 5.43. The Balaban J connectivity index is 2.56. The Morgan fingerprint density at radius 1 is 1.47 bits per heavy atom.